The molecule has 0 aliphatic heterocycles. The van der Waals surface area contributed by atoms with Crippen LogP contribution in [0.3, 0.4) is 0 Å². The molecule has 0 fully saturated rings. The molecule has 0 aromatic heterocycles. The summed E-state index contributed by atoms with van der Waals surface area (Å²) in [7, 11) is 0. The van der Waals surface area contributed by atoms with E-state index >= 15 is 0 Å². The summed E-state index contributed by atoms with van der Waals surface area (Å²) < 4.78 is 0. The summed E-state index contributed by atoms with van der Waals surface area (Å²) in [4.78, 5) is 9.60. The molecule has 0 amide bonds. The van der Waals surface area contributed by atoms with Crippen molar-refractivity contribution < 1.29 is 35.6 Å². The van der Waals surface area contributed by atoms with Crippen molar-refractivity contribution >= 4 is 26.3 Å². The van der Waals surface area contributed by atoms with Gasteiger partial charge in [-0.15, -0.1) is 0 Å². The molecule has 0 unspecified atom stereocenters. The molecule has 0 bridgehead atoms. The molecule has 0 atom stereocenters. The van der Waals surface area contributed by atoms with E-state index in [0.29, 0.717) is 0 Å². The van der Waals surface area contributed by atoms with Gasteiger partial charge in [-0.25, -0.2) is 4.79 Å². The van der Waals surface area contributed by atoms with Gasteiger partial charge in [0.15, 0.2) is 0 Å². The van der Waals surface area contributed by atoms with Gasteiger partial charge in [0, 0.05) is 5.57 Å². The summed E-state index contributed by atoms with van der Waals surface area (Å²) in [5.41, 5.74) is 0.176. The molecule has 0 aliphatic rings. The Labute approximate surface area is 79.9 Å². The van der Waals surface area contributed by atoms with E-state index in [9.17, 15) is 4.79 Å². The summed E-state index contributed by atoms with van der Waals surface area (Å²) >= 11 is -2.31. The first-order valence-corrected chi connectivity index (χ1v) is 15.8. The maximum atomic E-state index is 9.60. The number of halogens is 3. The third-order valence-corrected chi connectivity index (χ3v) is 0.365. The molecule has 0 aromatic carbocycles. The first-order valence-electron chi connectivity index (χ1n) is 2.19. The first kappa shape index (κ1) is 13.8. The molecule has 2 nitrogen and oxygen atoms in total. The van der Waals surface area contributed by atoms with Crippen LogP contribution in [0.5, 0.6) is 0 Å². The fraction of sp³-hybridized carbons (Fsp3) is 0.250. The molecule has 6 heteroatoms. The van der Waals surface area contributed by atoms with Crippen LogP contribution >= 0.6 is 20.4 Å². The van der Waals surface area contributed by atoms with Crippen LogP contribution in [0.15, 0.2) is 12.2 Å². The van der Waals surface area contributed by atoms with Crippen LogP contribution in [0.4, 0.5) is 0 Å². The van der Waals surface area contributed by atoms with Crippen LogP contribution in [0.25, 0.3) is 0 Å². The van der Waals surface area contributed by atoms with Crippen LogP contribution in [0, 0.1) is 25.7 Å². The zero-order chi connectivity index (χ0) is 8.73. The van der Waals surface area contributed by atoms with Gasteiger partial charge in [0.2, 0.25) is 0 Å². The van der Waals surface area contributed by atoms with Crippen LogP contribution in [-0.4, -0.2) is 11.1 Å². The number of carboxylic acids is 1. The quantitative estimate of drug-likeness (QED) is 0.750. The van der Waals surface area contributed by atoms with Crippen molar-refractivity contribution in [1.82, 2.24) is 0 Å². The van der Waals surface area contributed by atoms with E-state index in [1.54, 1.807) is 0 Å². The average molecular weight is 331 g/mol. The van der Waals surface area contributed by atoms with E-state index < -0.39 is 31.6 Å². The van der Waals surface area contributed by atoms with Crippen LogP contribution in [0.1, 0.15) is 6.92 Å². The Kier molecular flexibility index (Phi) is 11.6. The van der Waals surface area contributed by atoms with Crippen LogP contribution in [-0.2, 0) is 4.79 Å². The van der Waals surface area contributed by atoms with Gasteiger partial charge in [0.1, 0.15) is 0 Å². The van der Waals surface area contributed by atoms with Crippen molar-refractivity contribution in [3.8, 4) is 0 Å². The van der Waals surface area contributed by atoms with E-state index in [1.165, 1.54) is 6.92 Å². The standard InChI is InChI=1S/C4H6O2.3ClH.La/c1-3(2)4(5)6;;;;/h1H2,2H3,(H,5,6);3*1H;/q;;;;+3/p-3. The van der Waals surface area contributed by atoms with E-state index in [2.05, 4.69) is 6.58 Å². The number of carboxylic acid groups (broad SMARTS) is 1. The van der Waals surface area contributed by atoms with Gasteiger partial charge >= 0.3 is 52.0 Å². The van der Waals surface area contributed by atoms with Crippen molar-refractivity contribution in [3.63, 3.8) is 0 Å². The van der Waals surface area contributed by atoms with Crippen LogP contribution < -0.4 is 0 Å². The topological polar surface area (TPSA) is 37.3 Å². The summed E-state index contributed by atoms with van der Waals surface area (Å²) in [6, 6.07) is 0. The fourth-order valence-corrected chi connectivity index (χ4v) is 0. The van der Waals surface area contributed by atoms with Crippen LogP contribution in [0.2, 0.25) is 0 Å². The predicted octanol–water partition coefficient (Wildman–Crippen LogP) is 2.72. The Morgan fingerprint density at radius 2 is 1.60 bits per heavy atom. The number of hydrogen-bond donors (Lipinski definition) is 1. The molecule has 0 heterocycles. The molecule has 1 N–H and O–H groups in total. The van der Waals surface area contributed by atoms with Gasteiger partial charge in [-0.1, -0.05) is 6.58 Å². The number of carbonyl (C=O) groups is 1. The molecular formula is C4H6Cl3LaO2. The number of hydrogen-bond acceptors (Lipinski definition) is 1. The zero-order valence-corrected chi connectivity index (χ0v) is 11.2. The van der Waals surface area contributed by atoms with E-state index in [4.69, 9.17) is 25.5 Å². The van der Waals surface area contributed by atoms with Crippen molar-refractivity contribution in [1.29, 1.82) is 0 Å². The Balaban J connectivity index is 0. The minimum absolute atomic E-state index is 0.176. The molecule has 58 valence electrons. The van der Waals surface area contributed by atoms with Gasteiger partial charge in [-0.05, 0) is 6.92 Å². The molecule has 0 rings (SSSR count). The molecule has 10 heavy (non-hydrogen) atoms. The molecule has 0 aromatic rings. The second-order valence-electron chi connectivity index (χ2n) is 1.33. The Hall–Kier alpha value is 1.27. The maximum absolute atomic E-state index is 9.60. The average Bonchev–Trinajstić information content (AvgIpc) is 1.63. The first-order chi connectivity index (χ1) is 4.37. The number of rotatable bonds is 1. The second-order valence-corrected chi connectivity index (χ2v) is 17.3. The van der Waals surface area contributed by atoms with Gasteiger partial charge in [0.25, 0.3) is 0 Å². The second kappa shape index (κ2) is 8.37. The zero-order valence-electron chi connectivity index (χ0n) is 5.27. The van der Waals surface area contributed by atoms with E-state index in [0.717, 1.165) is 0 Å². The molecule has 0 saturated carbocycles. The monoisotopic (exact) mass is 330 g/mol. The minimum atomic E-state index is -2.31. The van der Waals surface area contributed by atoms with Crippen molar-refractivity contribution in [2.45, 2.75) is 6.92 Å². The number of aliphatic carboxylic acids is 1. The van der Waals surface area contributed by atoms with Gasteiger partial charge in [0.05, 0.1) is 0 Å². The Morgan fingerprint density at radius 3 is 1.60 bits per heavy atom. The Morgan fingerprint density at radius 1 is 1.50 bits per heavy atom. The molecule has 0 spiro atoms. The molecule has 0 radical (unpaired) electrons. The Bertz CT molecular complexity index is 111. The summed E-state index contributed by atoms with van der Waals surface area (Å²) in [6.45, 7) is 19.7. The summed E-state index contributed by atoms with van der Waals surface area (Å²) in [5, 5.41) is 7.89. The van der Waals surface area contributed by atoms with Gasteiger partial charge < -0.3 is 5.11 Å². The van der Waals surface area contributed by atoms with Crippen molar-refractivity contribution in [2.24, 2.45) is 0 Å². The molecular weight excluding hydrogens is 325 g/mol. The summed E-state index contributed by atoms with van der Waals surface area (Å²) in [5.74, 6) is -0.935. The SMILES string of the molecule is C=C(C)C(=O)O.[Cl][La]([Cl])[Cl]. The molecule has 0 aliphatic carbocycles. The summed E-state index contributed by atoms with van der Waals surface area (Å²) in [6.07, 6.45) is 0. The van der Waals surface area contributed by atoms with Gasteiger partial charge in [-0.2, -0.15) is 0 Å². The third kappa shape index (κ3) is 22.8. The van der Waals surface area contributed by atoms with E-state index in [1.807, 2.05) is 0 Å². The van der Waals surface area contributed by atoms with Crippen molar-refractivity contribution in [2.75, 3.05) is 0 Å². The molecule has 0 saturated heterocycles. The normalized spacial score (nSPS) is 7.20. The predicted molar refractivity (Wildman–Crippen MR) is 40.0 cm³/mol. The van der Waals surface area contributed by atoms with Crippen molar-refractivity contribution in [3.05, 3.63) is 12.2 Å². The van der Waals surface area contributed by atoms with Gasteiger partial charge in [-0.3, -0.25) is 0 Å². The fourth-order valence-electron chi connectivity index (χ4n) is 0. The van der Waals surface area contributed by atoms with E-state index in [-0.39, 0.29) is 5.57 Å². The third-order valence-electron chi connectivity index (χ3n) is 0.365.